The summed E-state index contributed by atoms with van der Waals surface area (Å²) >= 11 is 0. The van der Waals surface area contributed by atoms with Crippen molar-refractivity contribution in [1.29, 1.82) is 0 Å². The van der Waals surface area contributed by atoms with E-state index in [0.717, 1.165) is 17.0 Å². The molecule has 1 aromatic heterocycles. The van der Waals surface area contributed by atoms with Crippen LogP contribution in [0.25, 0.3) is 0 Å². The van der Waals surface area contributed by atoms with E-state index in [1.54, 1.807) is 6.20 Å². The predicted molar refractivity (Wildman–Crippen MR) is 77.1 cm³/mol. The lowest BCUT2D eigenvalue weighted by Crippen LogP contribution is -2.12. The molecule has 2 rings (SSSR count). The maximum Gasteiger partial charge on any atom is 0.146 e. The van der Waals surface area contributed by atoms with E-state index in [0.29, 0.717) is 12.4 Å². The monoisotopic (exact) mass is 258 g/mol. The summed E-state index contributed by atoms with van der Waals surface area (Å²) in [7, 11) is 3.99. The van der Waals surface area contributed by atoms with Crippen LogP contribution < -0.4 is 20.9 Å². The average Bonchev–Trinajstić information content (AvgIpc) is 2.45. The topological polar surface area (TPSA) is 63.4 Å². The Kier molecular flexibility index (Phi) is 4.20. The molecular weight excluding hydrogens is 240 g/mol. The van der Waals surface area contributed by atoms with Gasteiger partial charge in [-0.15, -0.1) is 0 Å². The molecule has 5 nitrogen and oxygen atoms in total. The molecule has 0 radical (unpaired) electrons. The van der Waals surface area contributed by atoms with Gasteiger partial charge in [0.2, 0.25) is 0 Å². The van der Waals surface area contributed by atoms with Crippen molar-refractivity contribution < 1.29 is 4.74 Å². The van der Waals surface area contributed by atoms with Gasteiger partial charge < -0.3 is 15.1 Å². The molecule has 19 heavy (non-hydrogen) atoms. The molecule has 0 saturated carbocycles. The molecule has 2 aromatic rings. The number of nitrogens with zero attached hydrogens (tertiary/aromatic N) is 2. The minimum Gasteiger partial charge on any atom is -0.489 e. The lowest BCUT2D eigenvalue weighted by Gasteiger charge is -2.14. The fraction of sp³-hybridized carbons (Fsp3) is 0.214. The minimum absolute atomic E-state index is 0.421. The molecule has 0 unspecified atom stereocenters. The van der Waals surface area contributed by atoms with Crippen LogP contribution in [0.3, 0.4) is 0 Å². The van der Waals surface area contributed by atoms with E-state index >= 15 is 0 Å². The van der Waals surface area contributed by atoms with Crippen molar-refractivity contribution in [3.05, 3.63) is 48.2 Å². The fourth-order valence-electron chi connectivity index (χ4n) is 1.70. The first kappa shape index (κ1) is 13.2. The number of rotatable bonds is 5. The van der Waals surface area contributed by atoms with Crippen LogP contribution in [0.1, 0.15) is 5.56 Å². The Morgan fingerprint density at radius 2 is 2.11 bits per heavy atom. The van der Waals surface area contributed by atoms with Crippen LogP contribution in [0.2, 0.25) is 0 Å². The zero-order valence-corrected chi connectivity index (χ0v) is 11.1. The number of benzene rings is 1. The number of pyridine rings is 1. The lowest BCUT2D eigenvalue weighted by atomic mass is 10.2. The highest BCUT2D eigenvalue weighted by atomic mass is 16.5. The van der Waals surface area contributed by atoms with Gasteiger partial charge in [0, 0.05) is 37.6 Å². The van der Waals surface area contributed by atoms with Crippen molar-refractivity contribution in [3.8, 4) is 5.75 Å². The second-order valence-corrected chi connectivity index (χ2v) is 4.34. The molecule has 1 heterocycles. The number of nitrogens with two attached hydrogens (primary N) is 1. The minimum atomic E-state index is 0.421. The zero-order chi connectivity index (χ0) is 13.7. The fourth-order valence-corrected chi connectivity index (χ4v) is 1.70. The molecule has 0 bridgehead atoms. The first-order valence-electron chi connectivity index (χ1n) is 6.01. The van der Waals surface area contributed by atoms with Crippen LogP contribution in [0.5, 0.6) is 5.75 Å². The summed E-state index contributed by atoms with van der Waals surface area (Å²) < 4.78 is 5.76. The van der Waals surface area contributed by atoms with E-state index in [1.165, 1.54) is 0 Å². The Labute approximate surface area is 113 Å². The molecule has 0 aliphatic rings. The largest absolute Gasteiger partial charge is 0.489 e. The molecule has 3 N–H and O–H groups in total. The number of hydrogen-bond donors (Lipinski definition) is 2. The van der Waals surface area contributed by atoms with Gasteiger partial charge in [-0.1, -0.05) is 12.1 Å². The molecule has 0 amide bonds. The predicted octanol–water partition coefficient (Wildman–Crippen LogP) is 2.01. The number of aromatic nitrogens is 1. The first-order chi connectivity index (χ1) is 9.20. The van der Waals surface area contributed by atoms with E-state index in [2.05, 4.69) is 10.4 Å². The third kappa shape index (κ3) is 3.35. The van der Waals surface area contributed by atoms with Crippen molar-refractivity contribution in [3.63, 3.8) is 0 Å². The van der Waals surface area contributed by atoms with Crippen LogP contribution in [0, 0.1) is 0 Å². The van der Waals surface area contributed by atoms with Crippen molar-refractivity contribution in [2.75, 3.05) is 24.4 Å². The molecule has 0 fully saturated rings. The number of anilines is 2. The Morgan fingerprint density at radius 1 is 1.26 bits per heavy atom. The molecule has 0 aliphatic heterocycles. The molecule has 0 atom stereocenters. The lowest BCUT2D eigenvalue weighted by molar-refractivity contribution is 0.306. The first-order valence-corrected chi connectivity index (χ1v) is 6.01. The van der Waals surface area contributed by atoms with Crippen LogP contribution in [0.4, 0.5) is 11.5 Å². The van der Waals surface area contributed by atoms with Gasteiger partial charge in [-0.25, -0.2) is 10.8 Å². The van der Waals surface area contributed by atoms with Gasteiger partial charge in [0.05, 0.1) is 0 Å². The summed E-state index contributed by atoms with van der Waals surface area (Å²) in [5, 5.41) is 0. The SMILES string of the molecule is CN(C)c1cccc(OCc2cccnc2NN)c1. The van der Waals surface area contributed by atoms with Crippen molar-refractivity contribution in [2.24, 2.45) is 5.84 Å². The van der Waals surface area contributed by atoms with Crippen LogP contribution in [-0.4, -0.2) is 19.1 Å². The van der Waals surface area contributed by atoms with Crippen molar-refractivity contribution in [1.82, 2.24) is 4.98 Å². The maximum absolute atomic E-state index is 5.76. The van der Waals surface area contributed by atoms with Crippen molar-refractivity contribution in [2.45, 2.75) is 6.61 Å². The van der Waals surface area contributed by atoms with Gasteiger partial charge in [-0.05, 0) is 18.2 Å². The van der Waals surface area contributed by atoms with Gasteiger partial charge >= 0.3 is 0 Å². The van der Waals surface area contributed by atoms with Gasteiger partial charge in [-0.2, -0.15) is 0 Å². The van der Waals surface area contributed by atoms with Crippen LogP contribution in [-0.2, 0) is 6.61 Å². The summed E-state index contributed by atoms with van der Waals surface area (Å²) in [5.41, 5.74) is 4.58. The molecule has 0 spiro atoms. The summed E-state index contributed by atoms with van der Waals surface area (Å²) in [4.78, 5) is 6.16. The maximum atomic E-state index is 5.76. The normalized spacial score (nSPS) is 10.1. The van der Waals surface area contributed by atoms with Crippen molar-refractivity contribution >= 4 is 11.5 Å². The average molecular weight is 258 g/mol. The zero-order valence-electron chi connectivity index (χ0n) is 11.1. The second kappa shape index (κ2) is 6.06. The van der Waals surface area contributed by atoms with Gasteiger partial charge in [0.15, 0.2) is 0 Å². The molecule has 0 saturated heterocycles. The second-order valence-electron chi connectivity index (χ2n) is 4.34. The Bertz CT molecular complexity index is 542. The number of nitrogens with one attached hydrogen (secondary N) is 1. The van der Waals surface area contributed by atoms with Crippen LogP contribution >= 0.6 is 0 Å². The van der Waals surface area contributed by atoms with Gasteiger partial charge in [0.1, 0.15) is 18.2 Å². The third-order valence-electron chi connectivity index (χ3n) is 2.76. The third-order valence-corrected chi connectivity index (χ3v) is 2.76. The highest BCUT2D eigenvalue weighted by Crippen LogP contribution is 2.21. The smallest absolute Gasteiger partial charge is 0.146 e. The summed E-state index contributed by atoms with van der Waals surface area (Å²) in [6.07, 6.45) is 1.69. The quantitative estimate of drug-likeness (QED) is 0.634. The summed E-state index contributed by atoms with van der Waals surface area (Å²) in [5.74, 6) is 6.86. The molecule has 100 valence electrons. The molecule has 1 aromatic carbocycles. The van der Waals surface area contributed by atoms with Gasteiger partial charge in [-0.3, -0.25) is 0 Å². The summed E-state index contributed by atoms with van der Waals surface area (Å²) in [6, 6.07) is 11.7. The van der Waals surface area contributed by atoms with Gasteiger partial charge in [0.25, 0.3) is 0 Å². The molecule has 5 heteroatoms. The van der Waals surface area contributed by atoms with E-state index in [1.807, 2.05) is 55.4 Å². The highest BCUT2D eigenvalue weighted by molar-refractivity contribution is 5.49. The van der Waals surface area contributed by atoms with E-state index in [9.17, 15) is 0 Å². The molecule has 0 aliphatic carbocycles. The number of hydrazine groups is 1. The Hall–Kier alpha value is -2.27. The molecular formula is C14H18N4O. The van der Waals surface area contributed by atoms with E-state index in [-0.39, 0.29) is 0 Å². The Morgan fingerprint density at radius 3 is 2.84 bits per heavy atom. The number of ether oxygens (including phenoxy) is 1. The van der Waals surface area contributed by atoms with Crippen LogP contribution in [0.15, 0.2) is 42.6 Å². The van der Waals surface area contributed by atoms with E-state index < -0.39 is 0 Å². The highest BCUT2D eigenvalue weighted by Gasteiger charge is 2.03. The van der Waals surface area contributed by atoms with E-state index in [4.69, 9.17) is 10.6 Å². The standard InChI is InChI=1S/C14H18N4O/c1-18(2)12-6-3-7-13(9-12)19-10-11-5-4-8-16-14(11)17-15/h3-9H,10,15H2,1-2H3,(H,16,17). The number of hydrogen-bond acceptors (Lipinski definition) is 5. The number of nitrogen functional groups attached to an aromatic ring is 1. The summed E-state index contributed by atoms with van der Waals surface area (Å²) in [6.45, 7) is 0.421. The Balaban J connectivity index is 2.08.